The van der Waals surface area contributed by atoms with Crippen LogP contribution in [-0.4, -0.2) is 33.5 Å². The summed E-state index contributed by atoms with van der Waals surface area (Å²) in [5.74, 6) is -0.761. The molecule has 112 valence electrons. The standard InChI is InChI=1S/C16H24O4/c17-14(10-6-1-2-7-11-16(19)20)15(18)12-13-8-4-3-5-9-13/h3-5,8-9,14-15,17-18H,1-2,6-7,10-12H2,(H,19,20). The van der Waals surface area contributed by atoms with Gasteiger partial charge in [-0.3, -0.25) is 4.79 Å². The third kappa shape index (κ3) is 7.26. The topological polar surface area (TPSA) is 77.8 Å². The van der Waals surface area contributed by atoms with Crippen LogP contribution in [0.1, 0.15) is 44.1 Å². The van der Waals surface area contributed by atoms with Crippen molar-refractivity contribution < 1.29 is 20.1 Å². The smallest absolute Gasteiger partial charge is 0.303 e. The molecule has 0 heterocycles. The normalized spacial score (nSPS) is 13.9. The quantitative estimate of drug-likeness (QED) is 0.575. The van der Waals surface area contributed by atoms with E-state index in [1.165, 1.54) is 0 Å². The van der Waals surface area contributed by atoms with Gasteiger partial charge in [-0.15, -0.1) is 0 Å². The summed E-state index contributed by atoms with van der Waals surface area (Å²) in [5.41, 5.74) is 1.01. The molecule has 4 nitrogen and oxygen atoms in total. The number of carbonyl (C=O) groups is 1. The Morgan fingerprint density at radius 3 is 2.25 bits per heavy atom. The summed E-state index contributed by atoms with van der Waals surface area (Å²) in [5, 5.41) is 28.3. The number of carboxylic acids is 1. The van der Waals surface area contributed by atoms with Crippen LogP contribution in [0.4, 0.5) is 0 Å². The highest BCUT2D eigenvalue weighted by atomic mass is 16.4. The number of aliphatic hydroxyl groups excluding tert-OH is 2. The van der Waals surface area contributed by atoms with Crippen molar-refractivity contribution in [3.05, 3.63) is 35.9 Å². The van der Waals surface area contributed by atoms with Gasteiger partial charge >= 0.3 is 5.97 Å². The van der Waals surface area contributed by atoms with E-state index in [1.807, 2.05) is 30.3 Å². The zero-order valence-corrected chi connectivity index (χ0v) is 11.7. The molecule has 20 heavy (non-hydrogen) atoms. The molecule has 0 aliphatic heterocycles. The van der Waals surface area contributed by atoms with Crippen molar-refractivity contribution >= 4 is 5.97 Å². The van der Waals surface area contributed by atoms with Crippen molar-refractivity contribution in [1.82, 2.24) is 0 Å². The Bertz CT molecular complexity index is 377. The summed E-state index contributed by atoms with van der Waals surface area (Å²) in [6.07, 6.45) is 3.01. The van der Waals surface area contributed by atoms with Gasteiger partial charge in [-0.2, -0.15) is 0 Å². The van der Waals surface area contributed by atoms with Gasteiger partial charge in [0.05, 0.1) is 12.2 Å². The molecule has 0 aromatic heterocycles. The number of unbranched alkanes of at least 4 members (excludes halogenated alkanes) is 3. The molecule has 0 aliphatic carbocycles. The van der Waals surface area contributed by atoms with Gasteiger partial charge in [-0.05, 0) is 18.4 Å². The van der Waals surface area contributed by atoms with Crippen molar-refractivity contribution in [2.75, 3.05) is 0 Å². The molecule has 1 aromatic rings. The first kappa shape index (κ1) is 16.7. The van der Waals surface area contributed by atoms with E-state index in [0.717, 1.165) is 24.8 Å². The van der Waals surface area contributed by atoms with Crippen LogP contribution in [0.15, 0.2) is 30.3 Å². The molecule has 2 atom stereocenters. The maximum Gasteiger partial charge on any atom is 0.303 e. The van der Waals surface area contributed by atoms with Crippen LogP contribution in [-0.2, 0) is 11.2 Å². The molecule has 0 fully saturated rings. The maximum atomic E-state index is 10.3. The molecule has 3 N–H and O–H groups in total. The van der Waals surface area contributed by atoms with Crippen LogP contribution < -0.4 is 0 Å². The summed E-state index contributed by atoms with van der Waals surface area (Å²) in [4.78, 5) is 10.3. The predicted octanol–water partition coefficient (Wildman–Crippen LogP) is 2.38. The zero-order chi connectivity index (χ0) is 14.8. The predicted molar refractivity (Wildman–Crippen MR) is 77.5 cm³/mol. The molecule has 0 amide bonds. The first-order chi connectivity index (χ1) is 9.59. The third-order valence-corrected chi connectivity index (χ3v) is 3.37. The Hall–Kier alpha value is -1.39. The molecule has 1 aromatic carbocycles. The van der Waals surface area contributed by atoms with E-state index < -0.39 is 18.2 Å². The van der Waals surface area contributed by atoms with E-state index in [-0.39, 0.29) is 6.42 Å². The second kappa shape index (κ2) is 9.50. The summed E-state index contributed by atoms with van der Waals surface area (Å²) in [6, 6.07) is 9.61. The van der Waals surface area contributed by atoms with Crippen LogP contribution in [0, 0.1) is 0 Å². The Balaban J connectivity index is 2.12. The van der Waals surface area contributed by atoms with Crippen molar-refractivity contribution in [1.29, 1.82) is 0 Å². The van der Waals surface area contributed by atoms with Crippen LogP contribution >= 0.6 is 0 Å². The van der Waals surface area contributed by atoms with Crippen LogP contribution in [0.25, 0.3) is 0 Å². The SMILES string of the molecule is O=C(O)CCCCCCC(O)C(O)Cc1ccccc1. The minimum absolute atomic E-state index is 0.208. The highest BCUT2D eigenvalue weighted by Crippen LogP contribution is 2.12. The monoisotopic (exact) mass is 280 g/mol. The van der Waals surface area contributed by atoms with E-state index in [9.17, 15) is 15.0 Å². The van der Waals surface area contributed by atoms with Crippen molar-refractivity contribution in [2.45, 2.75) is 57.2 Å². The molecule has 0 spiro atoms. The molecule has 0 saturated heterocycles. The molecular weight excluding hydrogens is 256 g/mol. The van der Waals surface area contributed by atoms with E-state index in [0.29, 0.717) is 19.3 Å². The number of carboxylic acid groups (broad SMARTS) is 1. The van der Waals surface area contributed by atoms with Gasteiger partial charge in [-0.1, -0.05) is 49.6 Å². The molecule has 2 unspecified atom stereocenters. The number of hydrogen-bond donors (Lipinski definition) is 3. The molecule has 0 bridgehead atoms. The van der Waals surface area contributed by atoms with Crippen LogP contribution in [0.5, 0.6) is 0 Å². The maximum absolute atomic E-state index is 10.3. The Kier molecular flexibility index (Phi) is 7.92. The Morgan fingerprint density at radius 1 is 0.950 bits per heavy atom. The van der Waals surface area contributed by atoms with Gasteiger partial charge in [0.1, 0.15) is 0 Å². The molecule has 0 saturated carbocycles. The Morgan fingerprint density at radius 2 is 1.60 bits per heavy atom. The largest absolute Gasteiger partial charge is 0.481 e. The highest BCUT2D eigenvalue weighted by Gasteiger charge is 2.16. The first-order valence-corrected chi connectivity index (χ1v) is 7.21. The fourth-order valence-corrected chi connectivity index (χ4v) is 2.17. The number of benzene rings is 1. The van der Waals surface area contributed by atoms with Gasteiger partial charge in [0.25, 0.3) is 0 Å². The zero-order valence-electron chi connectivity index (χ0n) is 11.7. The van der Waals surface area contributed by atoms with Crippen molar-refractivity contribution in [3.8, 4) is 0 Å². The summed E-state index contributed by atoms with van der Waals surface area (Å²) >= 11 is 0. The van der Waals surface area contributed by atoms with E-state index in [2.05, 4.69) is 0 Å². The van der Waals surface area contributed by atoms with E-state index in [4.69, 9.17) is 5.11 Å². The number of aliphatic hydroxyl groups is 2. The average molecular weight is 280 g/mol. The lowest BCUT2D eigenvalue weighted by atomic mass is 9.99. The molecule has 0 aliphatic rings. The third-order valence-electron chi connectivity index (χ3n) is 3.37. The number of rotatable bonds is 10. The molecule has 1 rings (SSSR count). The van der Waals surface area contributed by atoms with E-state index in [1.54, 1.807) is 0 Å². The summed E-state index contributed by atoms with van der Waals surface area (Å²) in [7, 11) is 0. The fourth-order valence-electron chi connectivity index (χ4n) is 2.17. The first-order valence-electron chi connectivity index (χ1n) is 7.21. The lowest BCUT2D eigenvalue weighted by molar-refractivity contribution is -0.137. The number of hydrogen-bond acceptors (Lipinski definition) is 3. The van der Waals surface area contributed by atoms with Gasteiger partial charge in [0.15, 0.2) is 0 Å². The minimum atomic E-state index is -0.761. The van der Waals surface area contributed by atoms with Crippen molar-refractivity contribution in [3.63, 3.8) is 0 Å². The number of aliphatic carboxylic acids is 1. The van der Waals surface area contributed by atoms with Gasteiger partial charge in [0, 0.05) is 12.8 Å². The van der Waals surface area contributed by atoms with Gasteiger partial charge < -0.3 is 15.3 Å². The second-order valence-corrected chi connectivity index (χ2v) is 5.17. The average Bonchev–Trinajstić information content (AvgIpc) is 2.43. The van der Waals surface area contributed by atoms with Crippen molar-refractivity contribution in [2.24, 2.45) is 0 Å². The molecule has 0 radical (unpaired) electrons. The minimum Gasteiger partial charge on any atom is -0.481 e. The van der Waals surface area contributed by atoms with Gasteiger partial charge in [-0.25, -0.2) is 0 Å². The summed E-state index contributed by atoms with van der Waals surface area (Å²) < 4.78 is 0. The molecule has 4 heteroatoms. The fraction of sp³-hybridized carbons (Fsp3) is 0.562. The molecular formula is C16H24O4. The lowest BCUT2D eigenvalue weighted by Crippen LogP contribution is -2.27. The van der Waals surface area contributed by atoms with E-state index >= 15 is 0 Å². The lowest BCUT2D eigenvalue weighted by Gasteiger charge is -2.17. The van der Waals surface area contributed by atoms with Crippen LogP contribution in [0.2, 0.25) is 0 Å². The van der Waals surface area contributed by atoms with Crippen LogP contribution in [0.3, 0.4) is 0 Å². The summed E-state index contributed by atoms with van der Waals surface area (Å²) in [6.45, 7) is 0. The van der Waals surface area contributed by atoms with Gasteiger partial charge in [0.2, 0.25) is 0 Å². The highest BCUT2D eigenvalue weighted by molar-refractivity contribution is 5.66. The second-order valence-electron chi connectivity index (χ2n) is 5.17. The Labute approximate surface area is 120 Å².